The van der Waals surface area contributed by atoms with Crippen molar-refractivity contribution in [3.8, 4) is 0 Å². The van der Waals surface area contributed by atoms with Gasteiger partial charge in [0.1, 0.15) is 58.9 Å². The van der Waals surface area contributed by atoms with E-state index in [1.54, 1.807) is 24.3 Å². The first-order valence-corrected chi connectivity index (χ1v) is 17.3. The second-order valence-corrected chi connectivity index (χ2v) is 13.0. The number of halogens is 20. The second kappa shape index (κ2) is 19.4. The first-order valence-electron chi connectivity index (χ1n) is 17.3. The van der Waals surface area contributed by atoms with E-state index in [1.165, 1.54) is 23.2 Å². The van der Waals surface area contributed by atoms with E-state index >= 15 is 35.1 Å². The highest BCUT2D eigenvalue weighted by molar-refractivity contribution is 7.20. The number of azide groups is 1. The number of benzene rings is 5. The quantitative estimate of drug-likeness (QED) is 0.0135. The van der Waals surface area contributed by atoms with Gasteiger partial charge < -0.3 is 4.74 Å². The molecule has 350 valence electrons. The molecule has 0 saturated heterocycles. The number of aromatic nitrogens is 2. The first-order chi connectivity index (χ1) is 31.4. The van der Waals surface area contributed by atoms with E-state index in [1.807, 2.05) is 6.07 Å². The fourth-order valence-corrected chi connectivity index (χ4v) is 6.63. The number of nitrogens with zero attached hydrogens (tertiary/aromatic N) is 5. The molecule has 1 heterocycles. The summed E-state index contributed by atoms with van der Waals surface area (Å²) < 4.78 is 300. The van der Waals surface area contributed by atoms with Gasteiger partial charge in [0.05, 0.1) is 6.20 Å². The lowest BCUT2D eigenvalue weighted by Crippen LogP contribution is -2.81. The number of esters is 1. The van der Waals surface area contributed by atoms with Crippen LogP contribution in [0.2, 0.25) is 0 Å². The lowest BCUT2D eigenvalue weighted by atomic mass is 9.12. The average Bonchev–Trinajstić information content (AvgIpc) is 3.32. The van der Waals surface area contributed by atoms with Gasteiger partial charge in [0.25, 0.3) is 0 Å². The smallest absolute Gasteiger partial charge is 0.405 e. The third-order valence-corrected chi connectivity index (χ3v) is 9.48. The van der Waals surface area contributed by atoms with Gasteiger partial charge in [-0.15, -0.1) is 21.9 Å². The Morgan fingerprint density at radius 3 is 1.15 bits per heavy atom. The third-order valence-electron chi connectivity index (χ3n) is 9.48. The van der Waals surface area contributed by atoms with Gasteiger partial charge in [-0.3, -0.25) is 9.78 Å². The molecule has 0 aliphatic heterocycles. The molecule has 5 aromatic carbocycles. The molecule has 0 atom stereocenters. The predicted molar refractivity (Wildman–Crippen MR) is 184 cm³/mol. The van der Waals surface area contributed by atoms with E-state index in [2.05, 4.69) is 15.0 Å². The molecule has 0 aliphatic rings. The Kier molecular flexibility index (Phi) is 14.6. The minimum absolute atomic E-state index is 0.0293. The number of carbonyl (C=O) groups excluding carboxylic acids is 2. The molecule has 0 fully saturated rings. The molecule has 0 saturated carbocycles. The van der Waals surface area contributed by atoms with Gasteiger partial charge in [-0.2, -0.15) is 4.57 Å². The Morgan fingerprint density at radius 2 is 0.836 bits per heavy atom. The van der Waals surface area contributed by atoms with E-state index in [4.69, 9.17) is 10.3 Å². The number of carbonyl (C=O) groups is 2. The Morgan fingerprint density at radius 1 is 0.522 bits per heavy atom. The largest absolute Gasteiger partial charge is 0.452 e. The highest BCUT2D eigenvalue weighted by Gasteiger charge is 2.52. The van der Waals surface area contributed by atoms with Crippen molar-refractivity contribution < 1.29 is 107 Å². The summed E-state index contributed by atoms with van der Waals surface area (Å²) in [5.41, 5.74) is -5.54. The van der Waals surface area contributed by atoms with E-state index in [-0.39, 0.29) is 18.0 Å². The summed E-state index contributed by atoms with van der Waals surface area (Å²) in [6.45, 7) is -0.449. The van der Waals surface area contributed by atoms with Crippen LogP contribution >= 0.6 is 0 Å². The van der Waals surface area contributed by atoms with Crippen LogP contribution in [-0.4, -0.2) is 29.6 Å². The summed E-state index contributed by atoms with van der Waals surface area (Å²) in [7, 11) is 0. The minimum Gasteiger partial charge on any atom is -0.452 e. The normalized spacial score (nSPS) is 11.2. The topological polar surface area (TPSA) is 109 Å². The minimum atomic E-state index is -7.22. The highest BCUT2D eigenvalue weighted by Crippen LogP contribution is 2.30. The molecule has 0 aliphatic carbocycles. The first kappa shape index (κ1) is 50.3. The molecule has 0 radical (unpaired) electrons. The van der Waals surface area contributed by atoms with Crippen molar-refractivity contribution in [3.63, 3.8) is 0 Å². The van der Waals surface area contributed by atoms with Crippen molar-refractivity contribution in [1.82, 2.24) is 4.98 Å². The second-order valence-electron chi connectivity index (χ2n) is 13.0. The Hall–Kier alpha value is -7.71. The van der Waals surface area contributed by atoms with Gasteiger partial charge in [0.15, 0.2) is 82.7 Å². The molecule has 6 rings (SSSR count). The van der Waals surface area contributed by atoms with E-state index in [9.17, 15) is 62.3 Å². The molecular weight excluding hydrogens is 965 g/mol. The van der Waals surface area contributed by atoms with Crippen molar-refractivity contribution in [1.29, 1.82) is 0 Å². The van der Waals surface area contributed by atoms with Gasteiger partial charge >= 0.3 is 11.7 Å². The number of Topliss-reactive ketones (excluding diaryl/α,β-unsaturated/α-hetero) is 1. The Balaban J connectivity index is 0.000000319. The zero-order chi connectivity index (χ0) is 50.1. The maximum absolute atomic E-state index is 15.4. The SMILES string of the molecule is Fc1c(F)c(F)c([B-](c2c(F)c(F)c(F)c(F)c2F)(c2c(F)c(F)c(F)c(F)c2F)c2c(F)c(F)c(F)c(F)c2F)c(F)c1F.[N-]=[N+]=NCOC(=O)c1cncc[n+]1CC(=O)c1ccccc1. The number of ketones is 1. The Labute approximate surface area is 356 Å². The molecular formula is C38H12BF20N5O3. The van der Waals surface area contributed by atoms with Gasteiger partial charge in [-0.25, -0.2) is 92.6 Å². The molecule has 0 amide bonds. The predicted octanol–water partition coefficient (Wildman–Crippen LogP) is 7.52. The summed E-state index contributed by atoms with van der Waals surface area (Å²) >= 11 is 0. The number of rotatable bonds is 10. The van der Waals surface area contributed by atoms with Gasteiger partial charge in [0.2, 0.25) is 12.3 Å². The molecule has 0 spiro atoms. The van der Waals surface area contributed by atoms with Crippen molar-refractivity contribution in [2.75, 3.05) is 6.73 Å². The van der Waals surface area contributed by atoms with Crippen LogP contribution < -0.4 is 26.4 Å². The standard InChI is InChI=1S/C24BF20.C14H12N5O3/c26-5-1(6(27)14(35)21(42)13(5)34)25(2-7(28)15(36)22(43)16(37)8(2)29,3-9(30)17(38)23(44)18(39)10(3)31)4-11(32)19(40)24(45)20(41)12(4)33;15-18-17-10-22-14(21)12-8-16-6-7-19(12)9-13(20)11-4-2-1-3-5-11/h;1-8H,9-10H2/q-1;+1. The molecule has 6 aromatic rings. The molecule has 0 N–H and O–H groups in total. The zero-order valence-electron chi connectivity index (χ0n) is 31.6. The zero-order valence-corrected chi connectivity index (χ0v) is 31.6. The molecule has 67 heavy (non-hydrogen) atoms. The number of hydrogen-bond donors (Lipinski definition) is 0. The van der Waals surface area contributed by atoms with Crippen LogP contribution in [-0.2, 0) is 11.3 Å². The lowest BCUT2D eigenvalue weighted by Gasteiger charge is -2.44. The highest BCUT2D eigenvalue weighted by atomic mass is 19.2. The summed E-state index contributed by atoms with van der Waals surface area (Å²) in [6, 6.07) is 8.74. The van der Waals surface area contributed by atoms with Gasteiger partial charge in [-0.05, 0) is 5.53 Å². The van der Waals surface area contributed by atoms with Gasteiger partial charge in [0, 0.05) is 10.5 Å². The lowest BCUT2D eigenvalue weighted by molar-refractivity contribution is -0.686. The monoisotopic (exact) mass is 977 g/mol. The van der Waals surface area contributed by atoms with Crippen LogP contribution in [0.3, 0.4) is 0 Å². The van der Waals surface area contributed by atoms with E-state index in [0.717, 1.165) is 0 Å². The third kappa shape index (κ3) is 8.40. The summed E-state index contributed by atoms with van der Waals surface area (Å²) in [5.74, 6) is -72.3. The molecule has 0 unspecified atom stereocenters. The van der Waals surface area contributed by atoms with Crippen LogP contribution in [0.5, 0.6) is 0 Å². The van der Waals surface area contributed by atoms with E-state index < -0.39 is 157 Å². The average molecular weight is 977 g/mol. The van der Waals surface area contributed by atoms with Crippen LogP contribution in [0, 0.1) is 116 Å². The Bertz CT molecular complexity index is 2690. The maximum atomic E-state index is 15.4. The van der Waals surface area contributed by atoms with Crippen LogP contribution in [0.1, 0.15) is 20.8 Å². The van der Waals surface area contributed by atoms with Crippen LogP contribution in [0.15, 0.2) is 54.0 Å². The summed E-state index contributed by atoms with van der Waals surface area (Å²) in [5, 5.41) is 3.12. The molecule has 8 nitrogen and oxygen atoms in total. The van der Waals surface area contributed by atoms with Crippen molar-refractivity contribution in [2.24, 2.45) is 5.11 Å². The fourth-order valence-electron chi connectivity index (χ4n) is 6.63. The molecule has 1 aromatic heterocycles. The fraction of sp³-hybridized carbons (Fsp3) is 0.0526. The van der Waals surface area contributed by atoms with Crippen molar-refractivity contribution >= 4 is 39.7 Å². The van der Waals surface area contributed by atoms with Crippen LogP contribution in [0.25, 0.3) is 10.4 Å². The molecule has 29 heteroatoms. The number of hydrogen-bond acceptors (Lipinski definition) is 5. The maximum Gasteiger partial charge on any atom is 0.405 e. The van der Waals surface area contributed by atoms with Crippen LogP contribution in [0.4, 0.5) is 87.8 Å². The number of ether oxygens (including phenoxy) is 1. The van der Waals surface area contributed by atoms with E-state index in [0.29, 0.717) is 5.56 Å². The summed E-state index contributed by atoms with van der Waals surface area (Å²) in [6.07, 6.45) is -2.96. The molecule has 0 bridgehead atoms. The van der Waals surface area contributed by atoms with Crippen molar-refractivity contribution in [3.05, 3.63) is 187 Å². The van der Waals surface area contributed by atoms with Crippen molar-refractivity contribution in [2.45, 2.75) is 6.54 Å². The van der Waals surface area contributed by atoms with Gasteiger partial charge in [-0.1, -0.05) is 35.4 Å². The summed E-state index contributed by atoms with van der Waals surface area (Å²) in [4.78, 5) is 30.4.